The second kappa shape index (κ2) is 4.45. The van der Waals surface area contributed by atoms with Gasteiger partial charge in [-0.3, -0.25) is 4.68 Å². The van der Waals surface area contributed by atoms with E-state index in [1.165, 1.54) is 32.5 Å². The molecule has 1 aromatic heterocycles. The van der Waals surface area contributed by atoms with Crippen molar-refractivity contribution >= 4 is 15.9 Å². The summed E-state index contributed by atoms with van der Waals surface area (Å²) in [6.07, 6.45) is 6.39. The summed E-state index contributed by atoms with van der Waals surface area (Å²) in [4.78, 5) is 2.50. The molecule has 0 saturated carbocycles. The highest BCUT2D eigenvalue weighted by Crippen LogP contribution is 2.22. The first-order valence-corrected chi connectivity index (χ1v) is 6.01. The van der Waals surface area contributed by atoms with Crippen LogP contribution in [0.4, 0.5) is 0 Å². The Morgan fingerprint density at radius 3 is 2.71 bits per heavy atom. The quantitative estimate of drug-likeness (QED) is 0.811. The lowest BCUT2D eigenvalue weighted by Crippen LogP contribution is -2.34. The third-order valence-electron chi connectivity index (χ3n) is 2.95. The summed E-state index contributed by atoms with van der Waals surface area (Å²) in [5.74, 6) is 0. The molecule has 1 fully saturated rings. The number of aromatic nitrogens is 2. The van der Waals surface area contributed by atoms with E-state index in [9.17, 15) is 0 Å². The van der Waals surface area contributed by atoms with Crippen molar-refractivity contribution in [1.82, 2.24) is 14.7 Å². The van der Waals surface area contributed by atoms with Gasteiger partial charge in [0.15, 0.2) is 0 Å². The van der Waals surface area contributed by atoms with E-state index in [2.05, 4.69) is 43.7 Å². The lowest BCUT2D eigenvalue weighted by atomic mass is 10.1. The molecule has 1 aliphatic rings. The van der Waals surface area contributed by atoms with Crippen molar-refractivity contribution in [1.29, 1.82) is 0 Å². The van der Waals surface area contributed by atoms with Crippen molar-refractivity contribution in [3.8, 4) is 0 Å². The molecule has 1 saturated heterocycles. The van der Waals surface area contributed by atoms with Gasteiger partial charge >= 0.3 is 0 Å². The molecular weight excluding hydrogens is 242 g/mol. The standard InChI is InChI=1S/C10H16BrN3/c1-2-13-5-3-10(4-6-13)14-8-9(11)7-12-14/h7-8,10H,2-6H2,1H3. The normalized spacial score (nSPS) is 20.1. The second-order valence-electron chi connectivity index (χ2n) is 3.80. The van der Waals surface area contributed by atoms with Crippen LogP contribution in [0.3, 0.4) is 0 Å². The highest BCUT2D eigenvalue weighted by Gasteiger charge is 2.19. The van der Waals surface area contributed by atoms with Gasteiger partial charge in [0.2, 0.25) is 0 Å². The molecule has 14 heavy (non-hydrogen) atoms. The zero-order chi connectivity index (χ0) is 9.97. The molecule has 0 radical (unpaired) electrons. The van der Waals surface area contributed by atoms with Crippen molar-refractivity contribution in [3.63, 3.8) is 0 Å². The summed E-state index contributed by atoms with van der Waals surface area (Å²) in [5, 5.41) is 4.34. The minimum absolute atomic E-state index is 0.601. The van der Waals surface area contributed by atoms with E-state index in [4.69, 9.17) is 0 Å². The van der Waals surface area contributed by atoms with E-state index in [1.807, 2.05) is 6.20 Å². The third kappa shape index (κ3) is 2.17. The first-order valence-electron chi connectivity index (χ1n) is 5.21. The number of piperidine rings is 1. The van der Waals surface area contributed by atoms with Gasteiger partial charge in [-0.05, 0) is 35.3 Å². The maximum absolute atomic E-state index is 4.34. The molecule has 0 unspecified atom stereocenters. The minimum Gasteiger partial charge on any atom is -0.303 e. The number of hydrogen-bond acceptors (Lipinski definition) is 2. The summed E-state index contributed by atoms with van der Waals surface area (Å²) in [7, 11) is 0. The molecule has 1 aromatic rings. The zero-order valence-electron chi connectivity index (χ0n) is 8.49. The van der Waals surface area contributed by atoms with Crippen LogP contribution in [-0.4, -0.2) is 34.3 Å². The Labute approximate surface area is 93.2 Å². The molecule has 0 aliphatic carbocycles. The lowest BCUT2D eigenvalue weighted by Gasteiger charge is -2.30. The molecule has 0 amide bonds. The lowest BCUT2D eigenvalue weighted by molar-refractivity contribution is 0.187. The van der Waals surface area contributed by atoms with Crippen LogP contribution in [0, 0.1) is 0 Å². The van der Waals surface area contributed by atoms with E-state index >= 15 is 0 Å². The van der Waals surface area contributed by atoms with Gasteiger partial charge in [-0.25, -0.2) is 0 Å². The Hall–Kier alpha value is -0.350. The van der Waals surface area contributed by atoms with Crippen LogP contribution in [0.5, 0.6) is 0 Å². The van der Waals surface area contributed by atoms with Gasteiger partial charge in [-0.1, -0.05) is 6.92 Å². The molecular formula is C10H16BrN3. The summed E-state index contributed by atoms with van der Waals surface area (Å²) in [5.41, 5.74) is 0. The molecule has 0 atom stereocenters. The molecule has 78 valence electrons. The topological polar surface area (TPSA) is 21.1 Å². The van der Waals surface area contributed by atoms with E-state index in [0.717, 1.165) is 4.47 Å². The highest BCUT2D eigenvalue weighted by molar-refractivity contribution is 9.10. The van der Waals surface area contributed by atoms with Crippen molar-refractivity contribution < 1.29 is 0 Å². The van der Waals surface area contributed by atoms with Crippen molar-refractivity contribution in [2.75, 3.05) is 19.6 Å². The third-order valence-corrected chi connectivity index (χ3v) is 3.36. The van der Waals surface area contributed by atoms with Gasteiger partial charge < -0.3 is 4.90 Å². The zero-order valence-corrected chi connectivity index (χ0v) is 10.1. The Bertz CT molecular complexity index is 289. The molecule has 0 bridgehead atoms. The fourth-order valence-corrected chi connectivity index (χ4v) is 2.32. The Kier molecular flexibility index (Phi) is 3.23. The van der Waals surface area contributed by atoms with E-state index in [1.54, 1.807) is 0 Å². The molecule has 2 heterocycles. The van der Waals surface area contributed by atoms with Crippen molar-refractivity contribution in [3.05, 3.63) is 16.9 Å². The number of nitrogens with zero attached hydrogens (tertiary/aromatic N) is 3. The van der Waals surface area contributed by atoms with Gasteiger partial charge in [-0.2, -0.15) is 5.10 Å². The van der Waals surface area contributed by atoms with Crippen LogP contribution >= 0.6 is 15.9 Å². The molecule has 4 heteroatoms. The van der Waals surface area contributed by atoms with Gasteiger partial charge in [0, 0.05) is 19.3 Å². The van der Waals surface area contributed by atoms with Crippen LogP contribution < -0.4 is 0 Å². The van der Waals surface area contributed by atoms with E-state index < -0.39 is 0 Å². The number of hydrogen-bond donors (Lipinski definition) is 0. The molecule has 0 N–H and O–H groups in total. The average Bonchev–Trinajstić information content (AvgIpc) is 2.65. The molecule has 2 rings (SSSR count). The number of rotatable bonds is 2. The van der Waals surface area contributed by atoms with Crippen molar-refractivity contribution in [2.45, 2.75) is 25.8 Å². The Balaban J connectivity index is 1.95. The predicted molar refractivity (Wildman–Crippen MR) is 60.3 cm³/mol. The predicted octanol–water partition coefficient (Wildman–Crippen LogP) is 2.30. The fourth-order valence-electron chi connectivity index (χ4n) is 2.01. The monoisotopic (exact) mass is 257 g/mol. The fraction of sp³-hybridized carbons (Fsp3) is 0.700. The Morgan fingerprint density at radius 1 is 1.50 bits per heavy atom. The molecule has 1 aliphatic heterocycles. The molecule has 3 nitrogen and oxygen atoms in total. The van der Waals surface area contributed by atoms with Gasteiger partial charge in [0.05, 0.1) is 16.7 Å². The summed E-state index contributed by atoms with van der Waals surface area (Å²) >= 11 is 3.43. The van der Waals surface area contributed by atoms with Crippen molar-refractivity contribution in [2.24, 2.45) is 0 Å². The Morgan fingerprint density at radius 2 is 2.21 bits per heavy atom. The smallest absolute Gasteiger partial charge is 0.0632 e. The van der Waals surface area contributed by atoms with Crippen LogP contribution in [0.2, 0.25) is 0 Å². The van der Waals surface area contributed by atoms with E-state index in [0.29, 0.717) is 6.04 Å². The van der Waals surface area contributed by atoms with Gasteiger partial charge in [-0.15, -0.1) is 0 Å². The SMILES string of the molecule is CCN1CCC(n2cc(Br)cn2)CC1. The summed E-state index contributed by atoms with van der Waals surface area (Å²) in [6.45, 7) is 5.82. The molecule has 0 spiro atoms. The van der Waals surface area contributed by atoms with Crippen LogP contribution in [-0.2, 0) is 0 Å². The number of likely N-dealkylation sites (tertiary alicyclic amines) is 1. The maximum atomic E-state index is 4.34. The summed E-state index contributed by atoms with van der Waals surface area (Å²) in [6, 6.07) is 0.601. The van der Waals surface area contributed by atoms with Gasteiger partial charge in [0.25, 0.3) is 0 Å². The minimum atomic E-state index is 0.601. The van der Waals surface area contributed by atoms with E-state index in [-0.39, 0.29) is 0 Å². The van der Waals surface area contributed by atoms with Crippen LogP contribution in [0.25, 0.3) is 0 Å². The molecule has 0 aromatic carbocycles. The largest absolute Gasteiger partial charge is 0.303 e. The van der Waals surface area contributed by atoms with Gasteiger partial charge in [0.1, 0.15) is 0 Å². The number of halogens is 1. The second-order valence-corrected chi connectivity index (χ2v) is 4.72. The van der Waals surface area contributed by atoms with Crippen LogP contribution in [0.15, 0.2) is 16.9 Å². The average molecular weight is 258 g/mol. The maximum Gasteiger partial charge on any atom is 0.0632 e. The first kappa shape index (κ1) is 10.2. The van der Waals surface area contributed by atoms with Crippen LogP contribution in [0.1, 0.15) is 25.8 Å². The summed E-state index contributed by atoms with van der Waals surface area (Å²) < 4.78 is 3.17. The first-order chi connectivity index (χ1) is 6.79. The highest BCUT2D eigenvalue weighted by atomic mass is 79.9.